The summed E-state index contributed by atoms with van der Waals surface area (Å²) >= 11 is 3.79. The molecule has 2 N–H and O–H groups in total. The van der Waals surface area contributed by atoms with Crippen LogP contribution in [-0.2, 0) is 13.0 Å². The Morgan fingerprint density at radius 2 is 2.00 bits per heavy atom. The number of hydrogen-bond acceptors (Lipinski definition) is 5. The number of amidine groups is 1. The highest BCUT2D eigenvalue weighted by Crippen LogP contribution is 2.25. The Balaban J connectivity index is 1.66. The van der Waals surface area contributed by atoms with E-state index in [1.165, 1.54) is 5.56 Å². The van der Waals surface area contributed by atoms with Crippen molar-refractivity contribution < 1.29 is 4.74 Å². The first-order valence-electron chi connectivity index (χ1n) is 10.3. The SMILES string of the molecule is CN(C)CCn1c(Cc2ccc(OCI)cc2)nc2cc(N=C(N)c3cccs3)ccc21. The van der Waals surface area contributed by atoms with Crippen molar-refractivity contribution in [1.29, 1.82) is 0 Å². The smallest absolute Gasteiger partial charge is 0.141 e. The molecule has 32 heavy (non-hydrogen) atoms. The van der Waals surface area contributed by atoms with Gasteiger partial charge in [0.15, 0.2) is 0 Å². The first-order chi connectivity index (χ1) is 15.5. The predicted octanol–water partition coefficient (Wildman–Crippen LogP) is 5.06. The van der Waals surface area contributed by atoms with E-state index < -0.39 is 0 Å². The third-order valence-electron chi connectivity index (χ3n) is 5.11. The molecule has 0 fully saturated rings. The molecule has 0 saturated carbocycles. The summed E-state index contributed by atoms with van der Waals surface area (Å²) in [5.41, 5.74) is 10.2. The summed E-state index contributed by atoms with van der Waals surface area (Å²) in [4.78, 5) is 12.7. The van der Waals surface area contributed by atoms with Gasteiger partial charge in [0, 0.05) is 19.5 Å². The molecule has 8 heteroatoms. The van der Waals surface area contributed by atoms with Gasteiger partial charge in [0.1, 0.15) is 22.0 Å². The number of aliphatic imine (C=N–C) groups is 1. The van der Waals surface area contributed by atoms with E-state index in [0.717, 1.165) is 52.7 Å². The van der Waals surface area contributed by atoms with Gasteiger partial charge in [0.05, 0.1) is 21.6 Å². The fraction of sp³-hybridized carbons (Fsp3) is 0.250. The molecule has 2 heterocycles. The second-order valence-electron chi connectivity index (χ2n) is 7.70. The first-order valence-corrected chi connectivity index (χ1v) is 12.7. The third kappa shape index (κ3) is 5.48. The quantitative estimate of drug-likeness (QED) is 0.135. The highest BCUT2D eigenvalue weighted by atomic mass is 127. The highest BCUT2D eigenvalue weighted by molar-refractivity contribution is 14.1. The number of likely N-dealkylation sites (N-methyl/N-ethyl adjacent to an activating group) is 1. The number of alkyl halides is 1. The van der Waals surface area contributed by atoms with Crippen LogP contribution in [0.1, 0.15) is 16.3 Å². The molecule has 2 aromatic heterocycles. The van der Waals surface area contributed by atoms with Crippen LogP contribution in [0.3, 0.4) is 0 Å². The van der Waals surface area contributed by atoms with E-state index >= 15 is 0 Å². The van der Waals surface area contributed by atoms with E-state index in [1.807, 2.05) is 41.8 Å². The summed E-state index contributed by atoms with van der Waals surface area (Å²) in [5.74, 6) is 2.45. The fourth-order valence-corrected chi connectivity index (χ4v) is 4.48. The van der Waals surface area contributed by atoms with Gasteiger partial charge in [-0.25, -0.2) is 9.98 Å². The lowest BCUT2D eigenvalue weighted by atomic mass is 10.1. The van der Waals surface area contributed by atoms with Crippen molar-refractivity contribution in [3.05, 3.63) is 76.2 Å². The second kappa shape index (κ2) is 10.5. The average Bonchev–Trinajstić information content (AvgIpc) is 3.42. The predicted molar refractivity (Wildman–Crippen MR) is 142 cm³/mol. The first kappa shape index (κ1) is 22.8. The molecule has 6 nitrogen and oxygen atoms in total. The van der Waals surface area contributed by atoms with Gasteiger partial charge in [0.2, 0.25) is 0 Å². The molecule has 0 atom stereocenters. The normalized spacial score (nSPS) is 12.1. The summed E-state index contributed by atoms with van der Waals surface area (Å²) in [6.45, 7) is 1.81. The van der Waals surface area contributed by atoms with E-state index in [1.54, 1.807) is 11.3 Å². The van der Waals surface area contributed by atoms with Gasteiger partial charge >= 0.3 is 0 Å². The zero-order chi connectivity index (χ0) is 22.5. The molecule has 4 aromatic rings. The summed E-state index contributed by atoms with van der Waals surface area (Å²) in [7, 11) is 4.18. The zero-order valence-electron chi connectivity index (χ0n) is 18.2. The van der Waals surface area contributed by atoms with Crippen LogP contribution in [0.5, 0.6) is 5.75 Å². The summed E-state index contributed by atoms with van der Waals surface area (Å²) < 4.78 is 8.50. The minimum absolute atomic E-state index is 0.528. The van der Waals surface area contributed by atoms with Gasteiger partial charge in [-0.05, 0) is 84.0 Å². The van der Waals surface area contributed by atoms with E-state index in [9.17, 15) is 0 Å². The molecule has 4 rings (SSSR count). The van der Waals surface area contributed by atoms with E-state index in [0.29, 0.717) is 10.4 Å². The molecule has 0 aliphatic carbocycles. The van der Waals surface area contributed by atoms with Crippen LogP contribution in [0.4, 0.5) is 5.69 Å². The number of nitrogens with two attached hydrogens (primary N) is 1. The fourth-order valence-electron chi connectivity index (χ4n) is 3.49. The van der Waals surface area contributed by atoms with Gasteiger partial charge in [-0.2, -0.15) is 0 Å². The Labute approximate surface area is 205 Å². The van der Waals surface area contributed by atoms with Crippen LogP contribution in [0, 0.1) is 0 Å². The maximum absolute atomic E-state index is 6.19. The second-order valence-corrected chi connectivity index (χ2v) is 9.27. The molecule has 0 saturated heterocycles. The van der Waals surface area contributed by atoms with Gasteiger partial charge in [-0.3, -0.25) is 0 Å². The van der Waals surface area contributed by atoms with Gasteiger partial charge in [0.25, 0.3) is 0 Å². The summed E-state index contributed by atoms with van der Waals surface area (Å²) in [5, 5.41) is 2.00. The van der Waals surface area contributed by atoms with Gasteiger partial charge in [-0.1, -0.05) is 18.2 Å². The van der Waals surface area contributed by atoms with Crippen LogP contribution in [-0.4, -0.2) is 45.5 Å². The standard InChI is InChI=1S/C24H26IN5OS/c1-29(2)11-12-30-21-10-7-18(27-24(26)22-4-3-13-32-22)15-20(21)28-23(30)14-17-5-8-19(9-6-17)31-16-25/h3-10,13,15H,11-12,14,16H2,1-2H3,(H2,26,27). The van der Waals surface area contributed by atoms with Gasteiger partial charge in [-0.15, -0.1) is 11.3 Å². The molecular formula is C24H26IN5OS. The number of halogens is 1. The lowest BCUT2D eigenvalue weighted by Crippen LogP contribution is -2.19. The molecule has 0 unspecified atom stereocenters. The molecular weight excluding hydrogens is 533 g/mol. The van der Waals surface area contributed by atoms with Crippen molar-refractivity contribution in [3.8, 4) is 5.75 Å². The molecule has 0 bridgehead atoms. The molecule has 166 valence electrons. The molecule has 0 aliphatic rings. The lowest BCUT2D eigenvalue weighted by Gasteiger charge is -2.13. The highest BCUT2D eigenvalue weighted by Gasteiger charge is 2.13. The van der Waals surface area contributed by atoms with Crippen LogP contribution >= 0.6 is 33.9 Å². The Kier molecular flexibility index (Phi) is 7.44. The maximum atomic E-state index is 6.19. The van der Waals surface area contributed by atoms with Crippen LogP contribution in [0.25, 0.3) is 11.0 Å². The van der Waals surface area contributed by atoms with Crippen molar-refractivity contribution in [1.82, 2.24) is 14.5 Å². The van der Waals surface area contributed by atoms with Crippen molar-refractivity contribution >= 4 is 56.5 Å². The number of nitrogens with zero attached hydrogens (tertiary/aromatic N) is 4. The number of hydrogen-bond donors (Lipinski definition) is 1. The van der Waals surface area contributed by atoms with Crippen molar-refractivity contribution in [2.75, 3.05) is 25.3 Å². The largest absolute Gasteiger partial charge is 0.483 e. The number of imidazole rings is 1. The van der Waals surface area contributed by atoms with Crippen molar-refractivity contribution in [2.45, 2.75) is 13.0 Å². The molecule has 0 amide bonds. The van der Waals surface area contributed by atoms with E-state index in [-0.39, 0.29) is 0 Å². The monoisotopic (exact) mass is 559 g/mol. The van der Waals surface area contributed by atoms with Gasteiger partial charge < -0.3 is 19.9 Å². The summed E-state index contributed by atoms with van der Waals surface area (Å²) in [6.07, 6.45) is 0.753. The number of benzene rings is 2. The Bertz CT molecular complexity index is 1200. The number of ether oxygens (including phenoxy) is 1. The van der Waals surface area contributed by atoms with E-state index in [4.69, 9.17) is 15.5 Å². The third-order valence-corrected chi connectivity index (χ3v) is 6.32. The minimum Gasteiger partial charge on any atom is -0.483 e. The number of fused-ring (bicyclic) bond motifs is 1. The maximum Gasteiger partial charge on any atom is 0.141 e. The Hall–Kier alpha value is -2.43. The average molecular weight is 559 g/mol. The van der Waals surface area contributed by atoms with Crippen LogP contribution < -0.4 is 10.5 Å². The molecule has 2 aromatic carbocycles. The number of aromatic nitrogens is 2. The van der Waals surface area contributed by atoms with E-state index in [2.05, 4.69) is 69.3 Å². The topological polar surface area (TPSA) is 68.7 Å². The lowest BCUT2D eigenvalue weighted by molar-refractivity contribution is 0.384. The number of thiophene rings is 1. The Morgan fingerprint density at radius 1 is 1.19 bits per heavy atom. The van der Waals surface area contributed by atoms with Crippen molar-refractivity contribution in [3.63, 3.8) is 0 Å². The molecule has 0 radical (unpaired) electrons. The summed E-state index contributed by atoms with van der Waals surface area (Å²) in [6, 6.07) is 18.3. The Morgan fingerprint density at radius 3 is 2.69 bits per heavy atom. The number of rotatable bonds is 9. The zero-order valence-corrected chi connectivity index (χ0v) is 21.1. The molecule has 0 aliphatic heterocycles. The van der Waals surface area contributed by atoms with Crippen LogP contribution in [0.2, 0.25) is 0 Å². The van der Waals surface area contributed by atoms with Crippen molar-refractivity contribution in [2.24, 2.45) is 10.7 Å². The minimum atomic E-state index is 0.528. The molecule has 0 spiro atoms. The van der Waals surface area contributed by atoms with Crippen LogP contribution in [0.15, 0.2) is 65.0 Å².